The predicted molar refractivity (Wildman–Crippen MR) is 82.5 cm³/mol. The highest BCUT2D eigenvalue weighted by Crippen LogP contribution is 2.27. The molecule has 2 aromatic heterocycles. The molecule has 0 aliphatic rings. The molecule has 6 heteroatoms. The molecule has 0 spiro atoms. The van der Waals surface area contributed by atoms with Crippen LogP contribution in [0.25, 0.3) is 11.1 Å². The Bertz CT molecular complexity index is 722. The van der Waals surface area contributed by atoms with Gasteiger partial charge in [-0.1, -0.05) is 6.07 Å². The third-order valence-electron chi connectivity index (χ3n) is 2.81. The number of para-hydroxylation sites is 1. The average molecular weight is 338 g/mol. The molecule has 3 aromatic rings. The van der Waals surface area contributed by atoms with Crippen molar-refractivity contribution >= 4 is 50.1 Å². The van der Waals surface area contributed by atoms with Gasteiger partial charge in [0.15, 0.2) is 5.58 Å². The highest BCUT2D eigenvalue weighted by molar-refractivity contribution is 9.11. The number of anilines is 2. The number of thiophene rings is 1. The Morgan fingerprint density at radius 3 is 3.00 bits per heavy atom. The Kier molecular flexibility index (Phi) is 3.20. The summed E-state index contributed by atoms with van der Waals surface area (Å²) in [6, 6.07) is 8.23. The Balaban J connectivity index is 1.89. The summed E-state index contributed by atoms with van der Waals surface area (Å²) >= 11 is 5.13. The van der Waals surface area contributed by atoms with Crippen molar-refractivity contribution < 1.29 is 4.42 Å². The van der Waals surface area contributed by atoms with Gasteiger partial charge in [-0.3, -0.25) is 0 Å². The Labute approximate surface area is 123 Å². The first-order valence-corrected chi connectivity index (χ1v) is 7.40. The van der Waals surface area contributed by atoms with Crippen LogP contribution in [-0.4, -0.2) is 12.0 Å². The number of oxazole rings is 1. The van der Waals surface area contributed by atoms with Crippen molar-refractivity contribution in [3.63, 3.8) is 0 Å². The number of fused-ring (bicyclic) bond motifs is 1. The van der Waals surface area contributed by atoms with Gasteiger partial charge in [0, 0.05) is 13.6 Å². The van der Waals surface area contributed by atoms with Crippen LogP contribution in [0.4, 0.5) is 11.7 Å². The summed E-state index contributed by atoms with van der Waals surface area (Å²) in [6.07, 6.45) is 0. The fourth-order valence-electron chi connectivity index (χ4n) is 1.89. The number of aromatic nitrogens is 1. The van der Waals surface area contributed by atoms with Gasteiger partial charge in [-0.15, -0.1) is 11.3 Å². The molecule has 0 aliphatic carbocycles. The minimum Gasteiger partial charge on any atom is -0.423 e. The zero-order valence-electron chi connectivity index (χ0n) is 10.3. The molecule has 0 saturated heterocycles. The van der Waals surface area contributed by atoms with E-state index in [0.29, 0.717) is 17.3 Å². The molecule has 2 heterocycles. The summed E-state index contributed by atoms with van der Waals surface area (Å²) in [5, 5.41) is 2.11. The number of nitrogens with two attached hydrogens (primary N) is 1. The molecule has 0 fully saturated rings. The first-order chi connectivity index (χ1) is 9.13. The monoisotopic (exact) mass is 337 g/mol. The van der Waals surface area contributed by atoms with Crippen molar-refractivity contribution in [1.82, 2.24) is 4.98 Å². The predicted octanol–water partition coefficient (Wildman–Crippen LogP) is 3.87. The second-order valence-electron chi connectivity index (χ2n) is 4.31. The van der Waals surface area contributed by atoms with Crippen LogP contribution in [0.15, 0.2) is 37.8 Å². The lowest BCUT2D eigenvalue weighted by atomic mass is 10.3. The number of benzene rings is 1. The van der Waals surface area contributed by atoms with Crippen LogP contribution >= 0.6 is 27.3 Å². The van der Waals surface area contributed by atoms with Gasteiger partial charge in [-0.2, -0.15) is 4.98 Å². The first-order valence-electron chi connectivity index (χ1n) is 5.72. The summed E-state index contributed by atoms with van der Waals surface area (Å²) in [5.74, 6) is 0. The molecule has 0 bridgehead atoms. The third-order valence-corrected chi connectivity index (χ3v) is 4.36. The second kappa shape index (κ2) is 4.86. The minimum absolute atomic E-state index is 0.579. The Morgan fingerprint density at radius 2 is 2.32 bits per heavy atom. The van der Waals surface area contributed by atoms with E-state index in [1.54, 1.807) is 11.3 Å². The van der Waals surface area contributed by atoms with E-state index in [9.17, 15) is 0 Å². The lowest BCUT2D eigenvalue weighted by Crippen LogP contribution is -2.16. The van der Waals surface area contributed by atoms with Gasteiger partial charge >= 0.3 is 0 Å². The van der Waals surface area contributed by atoms with Gasteiger partial charge in [0.05, 0.1) is 9.47 Å². The molecule has 4 nitrogen and oxygen atoms in total. The standard InChI is InChI=1S/C13H12BrN3OS/c1-17(6-8-5-11(14)19-7-8)13-16-12-9(15)3-2-4-10(12)18-13/h2-5,7H,6,15H2,1H3. The molecule has 2 N–H and O–H groups in total. The SMILES string of the molecule is CN(Cc1csc(Br)c1)c1nc2c(N)cccc2o1. The molecule has 0 aliphatic heterocycles. The van der Waals surface area contributed by atoms with E-state index in [1.165, 1.54) is 5.56 Å². The first kappa shape index (κ1) is 12.5. The maximum absolute atomic E-state index is 5.88. The highest BCUT2D eigenvalue weighted by atomic mass is 79.9. The molecule has 0 saturated carbocycles. The van der Waals surface area contributed by atoms with Crippen molar-refractivity contribution in [2.24, 2.45) is 0 Å². The summed E-state index contributed by atoms with van der Waals surface area (Å²) < 4.78 is 6.84. The van der Waals surface area contributed by atoms with E-state index < -0.39 is 0 Å². The van der Waals surface area contributed by atoms with Gasteiger partial charge in [0.1, 0.15) is 5.52 Å². The quantitative estimate of drug-likeness (QED) is 0.737. The van der Waals surface area contributed by atoms with Crippen molar-refractivity contribution in [2.75, 3.05) is 17.7 Å². The van der Waals surface area contributed by atoms with Crippen molar-refractivity contribution in [1.29, 1.82) is 0 Å². The molecule has 1 aromatic carbocycles. The Morgan fingerprint density at radius 1 is 1.47 bits per heavy atom. The minimum atomic E-state index is 0.579. The largest absolute Gasteiger partial charge is 0.423 e. The normalized spacial score (nSPS) is 11.1. The molecule has 98 valence electrons. The number of hydrogen-bond donors (Lipinski definition) is 1. The van der Waals surface area contributed by atoms with Gasteiger partial charge in [0.25, 0.3) is 6.01 Å². The Hall–Kier alpha value is -1.53. The fraction of sp³-hybridized carbons (Fsp3) is 0.154. The number of rotatable bonds is 3. The smallest absolute Gasteiger partial charge is 0.298 e. The average Bonchev–Trinajstić information content (AvgIpc) is 2.96. The zero-order valence-corrected chi connectivity index (χ0v) is 12.7. The van der Waals surface area contributed by atoms with Gasteiger partial charge in [0.2, 0.25) is 0 Å². The molecule has 0 amide bonds. The number of nitrogens with zero attached hydrogens (tertiary/aromatic N) is 2. The van der Waals surface area contributed by atoms with Crippen LogP contribution in [0.3, 0.4) is 0 Å². The van der Waals surface area contributed by atoms with Crippen molar-refractivity contribution in [3.8, 4) is 0 Å². The van der Waals surface area contributed by atoms with E-state index in [0.717, 1.165) is 15.8 Å². The molecule has 0 radical (unpaired) electrons. The third kappa shape index (κ3) is 2.46. The summed E-state index contributed by atoms with van der Waals surface area (Å²) in [6.45, 7) is 0.745. The van der Waals surface area contributed by atoms with E-state index in [1.807, 2.05) is 30.1 Å². The van der Waals surface area contributed by atoms with Crippen LogP contribution < -0.4 is 10.6 Å². The van der Waals surface area contributed by atoms with Crippen molar-refractivity contribution in [2.45, 2.75) is 6.54 Å². The lowest BCUT2D eigenvalue weighted by molar-refractivity contribution is 0.582. The summed E-state index contributed by atoms with van der Waals surface area (Å²) in [4.78, 5) is 6.41. The number of nitrogen functional groups attached to an aromatic ring is 1. The van der Waals surface area contributed by atoms with E-state index in [4.69, 9.17) is 10.2 Å². The van der Waals surface area contributed by atoms with Crippen molar-refractivity contribution in [3.05, 3.63) is 39.0 Å². The molecular weight excluding hydrogens is 326 g/mol. The highest BCUT2D eigenvalue weighted by Gasteiger charge is 2.12. The van der Waals surface area contributed by atoms with Gasteiger partial charge < -0.3 is 15.1 Å². The molecule has 3 rings (SSSR count). The summed E-state index contributed by atoms with van der Waals surface area (Å²) in [7, 11) is 1.95. The maximum Gasteiger partial charge on any atom is 0.298 e. The molecule has 0 atom stereocenters. The zero-order chi connectivity index (χ0) is 13.4. The van der Waals surface area contributed by atoms with Crippen LogP contribution in [0.5, 0.6) is 0 Å². The van der Waals surface area contributed by atoms with E-state index in [-0.39, 0.29) is 0 Å². The van der Waals surface area contributed by atoms with Crippen LogP contribution in [0.1, 0.15) is 5.56 Å². The van der Waals surface area contributed by atoms with Crippen LogP contribution in [0.2, 0.25) is 0 Å². The number of halogens is 1. The van der Waals surface area contributed by atoms with Crippen LogP contribution in [-0.2, 0) is 6.54 Å². The second-order valence-corrected chi connectivity index (χ2v) is 6.60. The van der Waals surface area contributed by atoms with E-state index in [2.05, 4.69) is 32.4 Å². The van der Waals surface area contributed by atoms with Gasteiger partial charge in [-0.25, -0.2) is 0 Å². The molecular formula is C13H12BrN3OS. The topological polar surface area (TPSA) is 55.3 Å². The fourth-order valence-corrected chi connectivity index (χ4v) is 3.09. The van der Waals surface area contributed by atoms with Crippen LogP contribution in [0, 0.1) is 0 Å². The number of hydrogen-bond acceptors (Lipinski definition) is 5. The van der Waals surface area contributed by atoms with Gasteiger partial charge in [-0.05, 0) is 45.1 Å². The maximum atomic E-state index is 5.88. The van der Waals surface area contributed by atoms with E-state index >= 15 is 0 Å². The summed E-state index contributed by atoms with van der Waals surface area (Å²) in [5.41, 5.74) is 9.17. The lowest BCUT2D eigenvalue weighted by Gasteiger charge is -2.12. The molecule has 19 heavy (non-hydrogen) atoms. The molecule has 0 unspecified atom stereocenters.